The van der Waals surface area contributed by atoms with E-state index in [0.717, 1.165) is 47.7 Å². The number of anilines is 3. The molecule has 1 fully saturated rings. The summed E-state index contributed by atoms with van der Waals surface area (Å²) in [5.41, 5.74) is 1.87. The first kappa shape index (κ1) is 15.2. The van der Waals surface area contributed by atoms with Crippen LogP contribution in [0.1, 0.15) is 18.5 Å². The molecule has 2 N–H and O–H groups in total. The van der Waals surface area contributed by atoms with Crippen LogP contribution in [0.15, 0.2) is 34.8 Å². The van der Waals surface area contributed by atoms with Crippen LogP contribution >= 0.6 is 15.9 Å². The highest BCUT2D eigenvalue weighted by molar-refractivity contribution is 9.10. The van der Waals surface area contributed by atoms with Crippen molar-refractivity contribution in [3.63, 3.8) is 0 Å². The van der Waals surface area contributed by atoms with Crippen molar-refractivity contribution < 1.29 is 4.74 Å². The molecule has 0 spiro atoms. The minimum atomic E-state index is 0.289. The fraction of sp³-hybridized carbons (Fsp3) is 0.375. The monoisotopic (exact) mass is 362 g/mol. The highest BCUT2D eigenvalue weighted by Gasteiger charge is 2.15. The molecule has 6 heteroatoms. The zero-order valence-electron chi connectivity index (χ0n) is 12.5. The molecule has 2 aromatic rings. The Bertz CT molecular complexity index is 644. The summed E-state index contributed by atoms with van der Waals surface area (Å²) in [5, 5.41) is 6.57. The third-order valence-electron chi connectivity index (χ3n) is 3.47. The fourth-order valence-corrected chi connectivity index (χ4v) is 2.83. The van der Waals surface area contributed by atoms with Crippen molar-refractivity contribution in [1.82, 2.24) is 9.97 Å². The molecule has 0 radical (unpaired) electrons. The Kier molecular flexibility index (Phi) is 4.90. The number of ether oxygens (including phenoxy) is 1. The summed E-state index contributed by atoms with van der Waals surface area (Å²) < 4.78 is 6.63. The molecule has 0 bridgehead atoms. The maximum atomic E-state index is 5.62. The van der Waals surface area contributed by atoms with Gasteiger partial charge in [-0.3, -0.25) is 0 Å². The third kappa shape index (κ3) is 4.18. The predicted octanol–water partition coefficient (Wildman–Crippen LogP) is 3.88. The van der Waals surface area contributed by atoms with Crippen LogP contribution in [0.2, 0.25) is 0 Å². The zero-order chi connectivity index (χ0) is 15.4. The second kappa shape index (κ2) is 7.07. The summed E-state index contributed by atoms with van der Waals surface area (Å²) in [6.07, 6.45) is 2.54. The number of hydrogen-bond donors (Lipinski definition) is 2. The van der Waals surface area contributed by atoms with Gasteiger partial charge in [0.05, 0.1) is 6.10 Å². The molecule has 1 aliphatic heterocycles. The van der Waals surface area contributed by atoms with Crippen LogP contribution in [0.3, 0.4) is 0 Å². The zero-order valence-corrected chi connectivity index (χ0v) is 14.1. The normalized spacial score (nSPS) is 17.5. The molecule has 1 unspecified atom stereocenters. The lowest BCUT2D eigenvalue weighted by atomic mass is 10.2. The molecule has 1 atom stereocenters. The number of rotatable bonds is 5. The van der Waals surface area contributed by atoms with E-state index in [1.165, 1.54) is 0 Å². The van der Waals surface area contributed by atoms with E-state index in [0.29, 0.717) is 5.95 Å². The molecule has 116 valence electrons. The number of benzene rings is 1. The Labute approximate surface area is 138 Å². The van der Waals surface area contributed by atoms with Crippen LogP contribution < -0.4 is 10.6 Å². The molecule has 3 rings (SSSR count). The van der Waals surface area contributed by atoms with Crippen molar-refractivity contribution in [2.45, 2.75) is 25.9 Å². The Morgan fingerprint density at radius 3 is 3.00 bits per heavy atom. The van der Waals surface area contributed by atoms with Gasteiger partial charge in [0.25, 0.3) is 0 Å². The lowest BCUT2D eigenvalue weighted by Crippen LogP contribution is -2.19. The predicted molar refractivity (Wildman–Crippen MR) is 91.7 cm³/mol. The van der Waals surface area contributed by atoms with Gasteiger partial charge >= 0.3 is 0 Å². The van der Waals surface area contributed by atoms with Crippen LogP contribution in [-0.2, 0) is 4.74 Å². The summed E-state index contributed by atoms with van der Waals surface area (Å²) in [6.45, 7) is 3.61. The lowest BCUT2D eigenvalue weighted by molar-refractivity contribution is 0.120. The van der Waals surface area contributed by atoms with Gasteiger partial charge in [-0.15, -0.1) is 0 Å². The van der Waals surface area contributed by atoms with Crippen LogP contribution in [0.5, 0.6) is 0 Å². The summed E-state index contributed by atoms with van der Waals surface area (Å²) >= 11 is 3.46. The Morgan fingerprint density at radius 1 is 1.32 bits per heavy atom. The molecule has 1 aromatic carbocycles. The summed E-state index contributed by atoms with van der Waals surface area (Å²) in [6, 6.07) is 9.87. The third-order valence-corrected chi connectivity index (χ3v) is 3.96. The van der Waals surface area contributed by atoms with E-state index < -0.39 is 0 Å². The van der Waals surface area contributed by atoms with Gasteiger partial charge in [0, 0.05) is 35.1 Å². The van der Waals surface area contributed by atoms with Gasteiger partial charge in [-0.1, -0.05) is 22.0 Å². The first-order valence-corrected chi connectivity index (χ1v) is 8.22. The maximum Gasteiger partial charge on any atom is 0.229 e. The second-order valence-corrected chi connectivity index (χ2v) is 6.29. The standard InChI is InChI=1S/C16H19BrN4O/c1-11-8-15(18-10-14-6-3-7-22-14)21-16(19-11)20-13-5-2-4-12(17)9-13/h2,4-5,8-9,14H,3,6-7,10H2,1H3,(H2,18,19,20,21). The topological polar surface area (TPSA) is 59.1 Å². The van der Waals surface area contributed by atoms with Gasteiger partial charge in [-0.05, 0) is 38.0 Å². The molecule has 1 saturated heterocycles. The van der Waals surface area contributed by atoms with Crippen LogP contribution in [0, 0.1) is 6.92 Å². The fourth-order valence-electron chi connectivity index (χ4n) is 2.43. The van der Waals surface area contributed by atoms with Crippen molar-refractivity contribution in [3.05, 3.63) is 40.5 Å². The molecule has 0 amide bonds. The Balaban J connectivity index is 1.68. The Hall–Kier alpha value is -1.66. The van der Waals surface area contributed by atoms with Crippen molar-refractivity contribution in [3.8, 4) is 0 Å². The maximum absolute atomic E-state index is 5.62. The van der Waals surface area contributed by atoms with E-state index in [1.807, 2.05) is 37.3 Å². The van der Waals surface area contributed by atoms with E-state index >= 15 is 0 Å². The quantitative estimate of drug-likeness (QED) is 0.844. The van der Waals surface area contributed by atoms with Gasteiger partial charge in [0.2, 0.25) is 5.95 Å². The minimum absolute atomic E-state index is 0.289. The number of nitrogens with one attached hydrogen (secondary N) is 2. The molecule has 22 heavy (non-hydrogen) atoms. The first-order valence-electron chi connectivity index (χ1n) is 7.43. The van der Waals surface area contributed by atoms with Gasteiger partial charge in [0.15, 0.2) is 0 Å². The van der Waals surface area contributed by atoms with E-state index in [-0.39, 0.29) is 6.10 Å². The average Bonchev–Trinajstić information content (AvgIpc) is 2.98. The average molecular weight is 363 g/mol. The Morgan fingerprint density at radius 2 is 2.23 bits per heavy atom. The molecule has 1 aromatic heterocycles. The van der Waals surface area contributed by atoms with Gasteiger partial charge < -0.3 is 15.4 Å². The number of aromatic nitrogens is 2. The van der Waals surface area contributed by atoms with Crippen molar-refractivity contribution >= 4 is 33.4 Å². The van der Waals surface area contributed by atoms with Crippen molar-refractivity contribution in [2.24, 2.45) is 0 Å². The summed E-state index contributed by atoms with van der Waals surface area (Å²) in [4.78, 5) is 8.95. The SMILES string of the molecule is Cc1cc(NCC2CCCO2)nc(Nc2cccc(Br)c2)n1. The number of nitrogens with zero attached hydrogens (tertiary/aromatic N) is 2. The largest absolute Gasteiger partial charge is 0.376 e. The molecule has 5 nitrogen and oxygen atoms in total. The van der Waals surface area contributed by atoms with Crippen molar-refractivity contribution in [2.75, 3.05) is 23.8 Å². The van der Waals surface area contributed by atoms with E-state index in [9.17, 15) is 0 Å². The van der Waals surface area contributed by atoms with Gasteiger partial charge in [0.1, 0.15) is 5.82 Å². The van der Waals surface area contributed by atoms with Crippen LogP contribution in [0.25, 0.3) is 0 Å². The molecule has 1 aliphatic rings. The molecular formula is C16H19BrN4O. The molecule has 0 saturated carbocycles. The second-order valence-electron chi connectivity index (χ2n) is 5.37. The number of halogens is 1. The minimum Gasteiger partial charge on any atom is -0.376 e. The van der Waals surface area contributed by atoms with E-state index in [4.69, 9.17) is 4.74 Å². The number of hydrogen-bond acceptors (Lipinski definition) is 5. The highest BCUT2D eigenvalue weighted by atomic mass is 79.9. The van der Waals surface area contributed by atoms with E-state index in [2.05, 4.69) is 36.5 Å². The summed E-state index contributed by atoms with van der Waals surface area (Å²) in [7, 11) is 0. The smallest absolute Gasteiger partial charge is 0.229 e. The van der Waals surface area contributed by atoms with Crippen molar-refractivity contribution in [1.29, 1.82) is 0 Å². The van der Waals surface area contributed by atoms with Crippen LogP contribution in [-0.4, -0.2) is 29.2 Å². The van der Waals surface area contributed by atoms with E-state index in [1.54, 1.807) is 0 Å². The first-order chi connectivity index (χ1) is 10.7. The summed E-state index contributed by atoms with van der Waals surface area (Å²) in [5.74, 6) is 1.41. The van der Waals surface area contributed by atoms with Gasteiger partial charge in [-0.2, -0.15) is 4.98 Å². The van der Waals surface area contributed by atoms with Crippen LogP contribution in [0.4, 0.5) is 17.5 Å². The van der Waals surface area contributed by atoms with Gasteiger partial charge in [-0.25, -0.2) is 4.98 Å². The lowest BCUT2D eigenvalue weighted by Gasteiger charge is -2.13. The highest BCUT2D eigenvalue weighted by Crippen LogP contribution is 2.20. The molecule has 0 aliphatic carbocycles. The molecular weight excluding hydrogens is 344 g/mol. The number of aryl methyl sites for hydroxylation is 1. The molecule has 2 heterocycles.